The molecule has 2 aromatic heterocycles. The Hall–Kier alpha value is -3.39. The summed E-state index contributed by atoms with van der Waals surface area (Å²) in [5.74, 6) is -3.57. The number of carbonyl (C=O) groups excluding carboxylic acids is 2. The molecule has 1 saturated heterocycles. The third-order valence-electron chi connectivity index (χ3n) is 6.07. The average molecular weight is 625 g/mol. The highest BCUT2D eigenvalue weighted by Gasteiger charge is 2.95. The van der Waals surface area contributed by atoms with Crippen LogP contribution >= 0.6 is 7.82 Å². The van der Waals surface area contributed by atoms with Gasteiger partial charge in [-0.2, -0.15) is 4.98 Å². The average Bonchev–Trinajstić information content (AvgIpc) is 3.10. The first-order valence-corrected chi connectivity index (χ1v) is 13.7. The van der Waals surface area contributed by atoms with Gasteiger partial charge in [0.1, 0.15) is 5.60 Å². The topological polar surface area (TPSA) is 255 Å². The van der Waals surface area contributed by atoms with E-state index >= 15 is 4.39 Å². The van der Waals surface area contributed by atoms with Crippen LogP contribution in [0.4, 0.5) is 19.9 Å². The highest BCUT2D eigenvalue weighted by molar-refractivity contribution is 7.48. The van der Waals surface area contributed by atoms with E-state index in [1.165, 1.54) is 27.7 Å². The predicted octanol–water partition coefficient (Wildman–Crippen LogP) is 0.957. The summed E-state index contributed by atoms with van der Waals surface area (Å²) in [5.41, 5.74) is -1.09. The fourth-order valence-electron chi connectivity index (χ4n) is 4.14. The molecule has 1 unspecified atom stereocenters. The Balaban J connectivity index is 1.53. The van der Waals surface area contributed by atoms with Crippen molar-refractivity contribution in [2.45, 2.75) is 76.2 Å². The van der Waals surface area contributed by atoms with Crippen LogP contribution in [-0.4, -0.2) is 91.0 Å². The lowest BCUT2D eigenvalue weighted by Crippen LogP contribution is -2.48. The number of nitrogens with two attached hydrogens (primary N) is 1. The van der Waals surface area contributed by atoms with Crippen LogP contribution in [0.1, 0.15) is 40.8 Å². The van der Waals surface area contributed by atoms with Gasteiger partial charge in [-0.1, -0.05) is 0 Å². The largest absolute Gasteiger partial charge is 0.510 e. The minimum atomic E-state index is -5.07. The number of nitrogens with one attached hydrogen (secondary N) is 1. The lowest BCUT2D eigenvalue weighted by molar-refractivity contribution is -0.181. The molecule has 3 heterocycles. The van der Waals surface area contributed by atoms with Crippen LogP contribution in [-0.2, 0) is 41.8 Å². The first-order chi connectivity index (χ1) is 19.4. The zero-order valence-electron chi connectivity index (χ0n) is 22.8. The van der Waals surface area contributed by atoms with E-state index in [0.29, 0.717) is 0 Å². The zero-order chi connectivity index (χ0) is 31.3. The molecule has 0 aromatic carbocycles. The molecule has 42 heavy (non-hydrogen) atoms. The molecule has 5 atom stereocenters. The van der Waals surface area contributed by atoms with Gasteiger partial charge in [0.05, 0.1) is 18.5 Å². The highest BCUT2D eigenvalue weighted by Crippen LogP contribution is 2.72. The van der Waals surface area contributed by atoms with E-state index in [9.17, 15) is 29.2 Å². The van der Waals surface area contributed by atoms with E-state index in [2.05, 4.69) is 24.4 Å². The Labute approximate surface area is 235 Å². The summed E-state index contributed by atoms with van der Waals surface area (Å²) in [6, 6.07) is 0. The molecule has 234 valence electrons. The maximum atomic E-state index is 16.0. The van der Waals surface area contributed by atoms with Crippen LogP contribution in [0.2, 0.25) is 0 Å². The number of phosphoric ester groups is 1. The van der Waals surface area contributed by atoms with Crippen LogP contribution in [0.3, 0.4) is 0 Å². The smallest absolute Gasteiger partial charge is 0.432 e. The molecule has 19 nitrogen and oxygen atoms in total. The second-order valence-corrected chi connectivity index (χ2v) is 11.5. The van der Waals surface area contributed by atoms with Crippen molar-refractivity contribution in [3.05, 3.63) is 16.7 Å². The van der Waals surface area contributed by atoms with Gasteiger partial charge in [0.15, 0.2) is 29.1 Å². The number of aromatic amines is 1. The van der Waals surface area contributed by atoms with Crippen molar-refractivity contribution in [2.75, 3.05) is 19.3 Å². The van der Waals surface area contributed by atoms with Crippen molar-refractivity contribution >= 4 is 37.2 Å². The molecule has 0 amide bonds. The van der Waals surface area contributed by atoms with Crippen molar-refractivity contribution < 1.29 is 66.0 Å². The van der Waals surface area contributed by atoms with Gasteiger partial charge < -0.3 is 39.6 Å². The molecule has 0 radical (unpaired) electrons. The minimum absolute atomic E-state index is 0.208. The number of aliphatic hydroxyl groups is 2. The number of imidazole rings is 1. The van der Waals surface area contributed by atoms with Crippen molar-refractivity contribution in [3.63, 3.8) is 0 Å². The molecule has 1 saturated carbocycles. The molecule has 2 fully saturated rings. The van der Waals surface area contributed by atoms with Gasteiger partial charge in [-0.25, -0.2) is 32.6 Å². The molecule has 0 spiro atoms. The molecule has 4 rings (SSSR count). The Morgan fingerprint density at radius 1 is 1.17 bits per heavy atom. The molecule has 0 bridgehead atoms. The standard InChI is InChI=1S/C21H29FN5O14P/c1-9(2)38-17(29)34-7-36-42(33,37-8-35-18(30)39-10(3)4)41-14-20(32)19(5,31)15(40-21(14,20)22)27-6-24-11-12(27)25-16(23)26-13(11)28/h6,9-10,14-15,31-32H,7-8H2,1-5H3,(H3,23,25,26,28)/t14?,15-,19+,20+,21-/m1/s1. The van der Waals surface area contributed by atoms with Gasteiger partial charge in [-0.15, -0.1) is 0 Å². The Morgan fingerprint density at radius 3 is 2.19 bits per heavy atom. The van der Waals surface area contributed by atoms with E-state index in [1.807, 2.05) is 0 Å². The van der Waals surface area contributed by atoms with Gasteiger partial charge >= 0.3 is 20.1 Å². The fourth-order valence-corrected chi connectivity index (χ4v) is 5.25. The monoisotopic (exact) mass is 625 g/mol. The maximum Gasteiger partial charge on any atom is 0.510 e. The van der Waals surface area contributed by atoms with Gasteiger partial charge in [0.2, 0.25) is 19.5 Å². The van der Waals surface area contributed by atoms with E-state index in [4.69, 9.17) is 33.5 Å². The fraction of sp³-hybridized carbons (Fsp3) is 0.667. The van der Waals surface area contributed by atoms with Crippen molar-refractivity contribution in [2.24, 2.45) is 0 Å². The number of halogens is 1. The van der Waals surface area contributed by atoms with Gasteiger partial charge in [-0.3, -0.25) is 18.9 Å². The van der Waals surface area contributed by atoms with E-state index < -0.39 is 80.9 Å². The molecular formula is C21H29FN5O14P. The third-order valence-corrected chi connectivity index (χ3v) is 7.38. The second kappa shape index (κ2) is 11.0. The third kappa shape index (κ3) is 5.53. The lowest BCUT2D eigenvalue weighted by Gasteiger charge is -2.32. The van der Waals surface area contributed by atoms with Crippen molar-refractivity contribution in [3.8, 4) is 0 Å². The number of ether oxygens (including phenoxy) is 5. The van der Waals surface area contributed by atoms with Crippen LogP contribution in [0.25, 0.3) is 11.2 Å². The van der Waals surface area contributed by atoms with Crippen LogP contribution < -0.4 is 11.3 Å². The minimum Gasteiger partial charge on any atom is -0.432 e. The number of rotatable bonds is 11. The number of nitrogens with zero attached hydrogens (tertiary/aromatic N) is 3. The highest BCUT2D eigenvalue weighted by atomic mass is 31.2. The molecule has 1 aliphatic heterocycles. The number of phosphoric acid groups is 1. The van der Waals surface area contributed by atoms with Crippen LogP contribution in [0, 0.1) is 0 Å². The van der Waals surface area contributed by atoms with Gasteiger partial charge in [0, 0.05) is 0 Å². The molecule has 2 aliphatic rings. The Bertz CT molecular complexity index is 1430. The number of hydrogen-bond donors (Lipinski definition) is 4. The molecule has 21 heteroatoms. The van der Waals surface area contributed by atoms with Gasteiger partial charge in [-0.05, 0) is 34.6 Å². The summed E-state index contributed by atoms with van der Waals surface area (Å²) < 4.78 is 69.1. The van der Waals surface area contributed by atoms with Crippen molar-refractivity contribution in [1.82, 2.24) is 19.5 Å². The predicted molar refractivity (Wildman–Crippen MR) is 132 cm³/mol. The number of H-pyrrole nitrogens is 1. The first kappa shape index (κ1) is 31.5. The van der Waals surface area contributed by atoms with E-state index in [1.54, 1.807) is 0 Å². The summed E-state index contributed by atoms with van der Waals surface area (Å²) >= 11 is 0. The van der Waals surface area contributed by atoms with Gasteiger partial charge in [0.25, 0.3) is 11.4 Å². The summed E-state index contributed by atoms with van der Waals surface area (Å²) in [5, 5.41) is 22.4. The molecule has 2 aromatic rings. The number of carbonyl (C=O) groups is 2. The first-order valence-electron chi connectivity index (χ1n) is 12.2. The zero-order valence-corrected chi connectivity index (χ0v) is 23.7. The summed E-state index contributed by atoms with van der Waals surface area (Å²) in [6.45, 7) is 4.82. The number of fused-ring (bicyclic) bond motifs is 2. The SMILES string of the molecule is CC(C)OC(=O)OCOP(=O)(OCOC(=O)OC(C)C)OC1[C@]2(O)[C@@](C)(O)[C@H](n3cnc4c(=O)[nH]c(N)nc43)O[C@]12F. The molecule has 5 N–H and O–H groups in total. The quantitative estimate of drug-likeness (QED) is 0.154. The van der Waals surface area contributed by atoms with E-state index in [-0.39, 0.29) is 17.1 Å². The number of alkyl halides is 1. The molecule has 1 aliphatic carbocycles. The Morgan fingerprint density at radius 2 is 1.71 bits per heavy atom. The second-order valence-electron chi connectivity index (χ2n) is 9.85. The number of anilines is 1. The Kier molecular flexibility index (Phi) is 8.28. The summed E-state index contributed by atoms with van der Waals surface area (Å²) in [6.07, 6.45) is -6.60. The van der Waals surface area contributed by atoms with Crippen LogP contribution in [0.5, 0.6) is 0 Å². The number of nitrogen functional groups attached to an aromatic ring is 1. The van der Waals surface area contributed by atoms with Crippen molar-refractivity contribution in [1.29, 1.82) is 0 Å². The summed E-state index contributed by atoms with van der Waals surface area (Å²) in [7, 11) is -5.07. The number of aromatic nitrogens is 4. The summed E-state index contributed by atoms with van der Waals surface area (Å²) in [4.78, 5) is 45.4. The van der Waals surface area contributed by atoms with E-state index in [0.717, 1.165) is 17.8 Å². The lowest BCUT2D eigenvalue weighted by atomic mass is 9.95. The maximum absolute atomic E-state index is 16.0. The normalized spacial score (nSPS) is 28.6. The van der Waals surface area contributed by atoms with Crippen LogP contribution in [0.15, 0.2) is 11.1 Å². The number of hydrogen-bond acceptors (Lipinski definition) is 17. The molecular weight excluding hydrogens is 596 g/mol.